The van der Waals surface area contributed by atoms with Crippen LogP contribution in [0.4, 0.5) is 10.1 Å². The molecule has 0 amide bonds. The van der Waals surface area contributed by atoms with Crippen molar-refractivity contribution in [2.24, 2.45) is 5.92 Å². The van der Waals surface area contributed by atoms with Gasteiger partial charge in [0.15, 0.2) is 0 Å². The van der Waals surface area contributed by atoms with Crippen LogP contribution in [0, 0.1) is 11.7 Å². The molecule has 1 aromatic rings. The minimum absolute atomic E-state index is 0.0972. The molecule has 1 N–H and O–H groups in total. The van der Waals surface area contributed by atoms with Crippen molar-refractivity contribution in [3.63, 3.8) is 0 Å². The van der Waals surface area contributed by atoms with Crippen molar-refractivity contribution < 1.29 is 4.39 Å². The second-order valence-electron chi connectivity index (χ2n) is 6.59. The van der Waals surface area contributed by atoms with Gasteiger partial charge in [-0.05, 0) is 61.9 Å². The molecular weight excluding hydrogens is 263 g/mol. The van der Waals surface area contributed by atoms with E-state index in [0.717, 1.165) is 43.2 Å². The van der Waals surface area contributed by atoms with Gasteiger partial charge in [0.2, 0.25) is 0 Å². The summed E-state index contributed by atoms with van der Waals surface area (Å²) in [6.07, 6.45) is 7.75. The molecule has 2 unspecified atom stereocenters. The molecule has 1 saturated carbocycles. The normalized spacial score (nSPS) is 25.1. The highest BCUT2D eigenvalue weighted by molar-refractivity contribution is 5.51. The molecule has 3 heteroatoms. The van der Waals surface area contributed by atoms with Gasteiger partial charge in [-0.15, -0.1) is 0 Å². The Morgan fingerprint density at radius 3 is 2.90 bits per heavy atom. The van der Waals surface area contributed by atoms with E-state index in [1.807, 2.05) is 0 Å². The topological polar surface area (TPSA) is 15.3 Å². The SMILES string of the molecule is CCCNCc1cc(F)cc(N2CCC3CCCCC32)c1. The van der Waals surface area contributed by atoms with Crippen molar-refractivity contribution in [1.82, 2.24) is 5.32 Å². The third-order valence-corrected chi connectivity index (χ3v) is 5.04. The van der Waals surface area contributed by atoms with Crippen molar-refractivity contribution >= 4 is 5.69 Å². The van der Waals surface area contributed by atoms with Crippen LogP contribution in [0.5, 0.6) is 0 Å². The van der Waals surface area contributed by atoms with E-state index in [4.69, 9.17) is 0 Å². The summed E-state index contributed by atoms with van der Waals surface area (Å²) in [6.45, 7) is 5.00. The molecule has 2 fully saturated rings. The number of halogens is 1. The second-order valence-corrected chi connectivity index (χ2v) is 6.59. The van der Waals surface area contributed by atoms with Crippen LogP contribution < -0.4 is 10.2 Å². The summed E-state index contributed by atoms with van der Waals surface area (Å²) in [6, 6.07) is 6.22. The van der Waals surface area contributed by atoms with Crippen LogP contribution in [0.1, 0.15) is 51.0 Å². The molecule has 3 rings (SSSR count). The minimum atomic E-state index is -0.0972. The molecule has 2 nitrogen and oxygen atoms in total. The van der Waals surface area contributed by atoms with Crippen LogP contribution in [-0.4, -0.2) is 19.1 Å². The Hall–Kier alpha value is -1.09. The molecular formula is C18H27FN2. The first-order valence-electron chi connectivity index (χ1n) is 8.54. The van der Waals surface area contributed by atoms with Gasteiger partial charge < -0.3 is 10.2 Å². The van der Waals surface area contributed by atoms with E-state index in [-0.39, 0.29) is 5.82 Å². The fraction of sp³-hybridized carbons (Fsp3) is 0.667. The molecule has 0 aromatic heterocycles. The fourth-order valence-corrected chi connectivity index (χ4v) is 4.04. The largest absolute Gasteiger partial charge is 0.368 e. The molecule has 1 saturated heterocycles. The van der Waals surface area contributed by atoms with Crippen LogP contribution >= 0.6 is 0 Å². The van der Waals surface area contributed by atoms with Crippen LogP contribution in [0.3, 0.4) is 0 Å². The number of fused-ring (bicyclic) bond motifs is 1. The monoisotopic (exact) mass is 290 g/mol. The average Bonchev–Trinajstić information content (AvgIpc) is 2.91. The number of hydrogen-bond donors (Lipinski definition) is 1. The predicted molar refractivity (Wildman–Crippen MR) is 86.1 cm³/mol. The highest BCUT2D eigenvalue weighted by Crippen LogP contribution is 2.39. The molecule has 0 spiro atoms. The lowest BCUT2D eigenvalue weighted by Crippen LogP contribution is -2.34. The van der Waals surface area contributed by atoms with E-state index in [1.165, 1.54) is 32.1 Å². The molecule has 1 aliphatic heterocycles. The number of nitrogens with one attached hydrogen (secondary N) is 1. The summed E-state index contributed by atoms with van der Waals surface area (Å²) in [5.41, 5.74) is 2.16. The third-order valence-electron chi connectivity index (χ3n) is 5.04. The molecule has 2 atom stereocenters. The van der Waals surface area contributed by atoms with E-state index >= 15 is 0 Å². The first-order chi connectivity index (χ1) is 10.3. The van der Waals surface area contributed by atoms with Crippen molar-refractivity contribution in [2.45, 2.75) is 58.0 Å². The summed E-state index contributed by atoms with van der Waals surface area (Å²) in [5.74, 6) is 0.740. The van der Waals surface area contributed by atoms with E-state index < -0.39 is 0 Å². The van der Waals surface area contributed by atoms with Crippen molar-refractivity contribution in [3.8, 4) is 0 Å². The Morgan fingerprint density at radius 1 is 1.19 bits per heavy atom. The van der Waals surface area contributed by atoms with Gasteiger partial charge in [0.25, 0.3) is 0 Å². The Balaban J connectivity index is 1.75. The zero-order valence-electron chi connectivity index (χ0n) is 13.1. The highest BCUT2D eigenvalue weighted by Gasteiger charge is 2.35. The van der Waals surface area contributed by atoms with Gasteiger partial charge in [0, 0.05) is 24.8 Å². The third kappa shape index (κ3) is 3.39. The molecule has 1 aliphatic carbocycles. The molecule has 2 aliphatic rings. The Kier molecular flexibility index (Phi) is 4.79. The van der Waals surface area contributed by atoms with Crippen molar-refractivity contribution in [2.75, 3.05) is 18.0 Å². The lowest BCUT2D eigenvalue weighted by Gasteiger charge is -2.33. The van der Waals surface area contributed by atoms with Crippen LogP contribution in [0.25, 0.3) is 0 Å². The van der Waals surface area contributed by atoms with Gasteiger partial charge in [-0.1, -0.05) is 19.8 Å². The number of rotatable bonds is 5. The smallest absolute Gasteiger partial charge is 0.125 e. The predicted octanol–water partition coefficient (Wildman–Crippen LogP) is 4.09. The standard InChI is InChI=1S/C18H27FN2/c1-2-8-20-13-14-10-16(19)12-17(11-14)21-9-7-15-5-3-4-6-18(15)21/h10-12,15,18,20H,2-9,13H2,1H3. The lowest BCUT2D eigenvalue weighted by molar-refractivity contribution is 0.342. The summed E-state index contributed by atoms with van der Waals surface area (Å²) in [4.78, 5) is 2.47. The Labute approximate surface area is 127 Å². The molecule has 21 heavy (non-hydrogen) atoms. The minimum Gasteiger partial charge on any atom is -0.368 e. The van der Waals surface area contributed by atoms with Gasteiger partial charge in [-0.3, -0.25) is 0 Å². The summed E-state index contributed by atoms with van der Waals surface area (Å²) in [7, 11) is 0. The van der Waals surface area contributed by atoms with Gasteiger partial charge in [0.1, 0.15) is 5.82 Å². The maximum Gasteiger partial charge on any atom is 0.125 e. The van der Waals surface area contributed by atoms with E-state index in [1.54, 1.807) is 12.1 Å². The number of hydrogen-bond acceptors (Lipinski definition) is 2. The van der Waals surface area contributed by atoms with Gasteiger partial charge in [-0.2, -0.15) is 0 Å². The number of anilines is 1. The van der Waals surface area contributed by atoms with E-state index in [9.17, 15) is 4.39 Å². The van der Waals surface area contributed by atoms with E-state index in [2.05, 4.69) is 23.2 Å². The maximum absolute atomic E-state index is 14.0. The van der Waals surface area contributed by atoms with Gasteiger partial charge >= 0.3 is 0 Å². The van der Waals surface area contributed by atoms with Gasteiger partial charge in [0.05, 0.1) is 0 Å². The summed E-state index contributed by atoms with van der Waals surface area (Å²) >= 11 is 0. The van der Waals surface area contributed by atoms with Crippen LogP contribution in [0.2, 0.25) is 0 Å². The molecule has 1 aromatic carbocycles. The van der Waals surface area contributed by atoms with Crippen LogP contribution in [-0.2, 0) is 6.54 Å². The second kappa shape index (κ2) is 6.78. The van der Waals surface area contributed by atoms with E-state index in [0.29, 0.717) is 6.04 Å². The quantitative estimate of drug-likeness (QED) is 0.822. The fourth-order valence-electron chi connectivity index (χ4n) is 4.04. The average molecular weight is 290 g/mol. The Bertz CT molecular complexity index is 474. The summed E-state index contributed by atoms with van der Waals surface area (Å²) < 4.78 is 14.0. The zero-order chi connectivity index (χ0) is 14.7. The molecule has 0 bridgehead atoms. The maximum atomic E-state index is 14.0. The molecule has 0 radical (unpaired) electrons. The van der Waals surface area contributed by atoms with Gasteiger partial charge in [-0.25, -0.2) is 4.39 Å². The van der Waals surface area contributed by atoms with Crippen molar-refractivity contribution in [1.29, 1.82) is 0 Å². The first kappa shape index (κ1) is 14.8. The Morgan fingerprint density at radius 2 is 2.05 bits per heavy atom. The number of nitrogens with zero attached hydrogens (tertiary/aromatic N) is 1. The first-order valence-corrected chi connectivity index (χ1v) is 8.54. The number of benzene rings is 1. The molecule has 116 valence electrons. The lowest BCUT2D eigenvalue weighted by atomic mass is 9.85. The highest BCUT2D eigenvalue weighted by atomic mass is 19.1. The molecule has 1 heterocycles. The zero-order valence-corrected chi connectivity index (χ0v) is 13.1. The van der Waals surface area contributed by atoms with Crippen molar-refractivity contribution in [3.05, 3.63) is 29.6 Å². The summed E-state index contributed by atoms with van der Waals surface area (Å²) in [5, 5.41) is 3.37. The van der Waals surface area contributed by atoms with Crippen LogP contribution in [0.15, 0.2) is 18.2 Å².